The molecular weight excluding hydrogens is 272 g/mol. The summed E-state index contributed by atoms with van der Waals surface area (Å²) in [6.07, 6.45) is 3.25. The van der Waals surface area contributed by atoms with Crippen LogP contribution in [0, 0.1) is 10.1 Å². The predicted octanol–water partition coefficient (Wildman–Crippen LogP) is 1.65. The number of non-ortho nitro benzene ring substituents is 1. The van der Waals surface area contributed by atoms with Crippen LogP contribution in [0.25, 0.3) is 0 Å². The maximum atomic E-state index is 12.5. The van der Waals surface area contributed by atoms with E-state index in [-0.39, 0.29) is 36.2 Å². The Balaban J connectivity index is 1.68. The summed E-state index contributed by atoms with van der Waals surface area (Å²) in [6, 6.07) is 6.44. The van der Waals surface area contributed by atoms with Crippen LogP contribution in [0.3, 0.4) is 0 Å². The van der Waals surface area contributed by atoms with Crippen molar-refractivity contribution in [2.45, 2.75) is 50.3 Å². The molecule has 1 aromatic carbocycles. The Kier molecular flexibility index (Phi) is 3.63. The minimum atomic E-state index is -0.447. The number of carbonyl (C=O) groups excluding carboxylic acids is 1. The van der Waals surface area contributed by atoms with Crippen LogP contribution in [-0.2, 0) is 11.2 Å². The van der Waals surface area contributed by atoms with Crippen LogP contribution in [0.2, 0.25) is 0 Å². The lowest BCUT2D eigenvalue weighted by atomic mass is 9.99. The lowest BCUT2D eigenvalue weighted by Crippen LogP contribution is -2.48. The molecule has 0 saturated carbocycles. The molecule has 0 aliphatic carbocycles. The van der Waals surface area contributed by atoms with Gasteiger partial charge in [-0.1, -0.05) is 12.1 Å². The van der Waals surface area contributed by atoms with E-state index in [1.165, 1.54) is 12.1 Å². The first-order valence-electron chi connectivity index (χ1n) is 7.27. The van der Waals surface area contributed by atoms with Gasteiger partial charge in [0.15, 0.2) is 0 Å². The van der Waals surface area contributed by atoms with E-state index in [9.17, 15) is 20.0 Å². The fraction of sp³-hybridized carbons (Fsp3) is 0.533. The molecule has 2 fully saturated rings. The number of hydrogen-bond donors (Lipinski definition) is 1. The highest BCUT2D eigenvalue weighted by Crippen LogP contribution is 2.36. The summed E-state index contributed by atoms with van der Waals surface area (Å²) in [6.45, 7) is 0. The number of fused-ring (bicyclic) bond motifs is 2. The van der Waals surface area contributed by atoms with Gasteiger partial charge in [0.25, 0.3) is 5.69 Å². The lowest BCUT2D eigenvalue weighted by Gasteiger charge is -2.37. The largest absolute Gasteiger partial charge is 0.393 e. The van der Waals surface area contributed by atoms with E-state index in [4.69, 9.17) is 0 Å². The van der Waals surface area contributed by atoms with Crippen molar-refractivity contribution in [3.8, 4) is 0 Å². The summed E-state index contributed by atoms with van der Waals surface area (Å²) < 4.78 is 0. The first-order valence-corrected chi connectivity index (χ1v) is 7.27. The van der Waals surface area contributed by atoms with Crippen LogP contribution in [0.4, 0.5) is 5.69 Å². The van der Waals surface area contributed by atoms with Crippen LogP contribution in [0.1, 0.15) is 31.2 Å². The number of aliphatic hydroxyl groups excluding tert-OH is 1. The van der Waals surface area contributed by atoms with E-state index < -0.39 is 4.92 Å². The molecule has 6 nitrogen and oxygen atoms in total. The second-order valence-electron chi connectivity index (χ2n) is 5.91. The van der Waals surface area contributed by atoms with E-state index in [1.807, 2.05) is 4.90 Å². The van der Waals surface area contributed by atoms with Gasteiger partial charge in [-0.3, -0.25) is 14.9 Å². The van der Waals surface area contributed by atoms with E-state index in [2.05, 4.69) is 0 Å². The molecule has 1 N–H and O–H groups in total. The summed E-state index contributed by atoms with van der Waals surface area (Å²) in [5, 5.41) is 20.4. The van der Waals surface area contributed by atoms with Gasteiger partial charge in [0, 0.05) is 24.2 Å². The molecule has 0 radical (unpaired) electrons. The number of nitrogens with zero attached hydrogens (tertiary/aromatic N) is 2. The molecule has 2 aliphatic rings. The zero-order chi connectivity index (χ0) is 15.0. The fourth-order valence-electron chi connectivity index (χ4n) is 3.56. The van der Waals surface area contributed by atoms with Gasteiger partial charge in [-0.05, 0) is 31.2 Å². The van der Waals surface area contributed by atoms with Crippen molar-refractivity contribution in [3.05, 3.63) is 39.9 Å². The average Bonchev–Trinajstić information content (AvgIpc) is 2.72. The van der Waals surface area contributed by atoms with Gasteiger partial charge in [-0.2, -0.15) is 0 Å². The highest BCUT2D eigenvalue weighted by atomic mass is 16.6. The summed E-state index contributed by atoms with van der Waals surface area (Å²) >= 11 is 0. The molecular formula is C15H18N2O4. The quantitative estimate of drug-likeness (QED) is 0.677. The predicted molar refractivity (Wildman–Crippen MR) is 75.7 cm³/mol. The lowest BCUT2D eigenvalue weighted by molar-refractivity contribution is -0.384. The minimum Gasteiger partial charge on any atom is -0.393 e. The van der Waals surface area contributed by atoms with Crippen molar-refractivity contribution in [2.75, 3.05) is 0 Å². The number of piperidine rings is 1. The SMILES string of the molecule is O=C(Cc1ccc([N+](=O)[O-])cc1)N1C2CCC1CC(O)C2. The molecule has 112 valence electrons. The number of benzene rings is 1. The maximum absolute atomic E-state index is 12.5. The number of carbonyl (C=O) groups is 1. The Morgan fingerprint density at radius 1 is 1.24 bits per heavy atom. The number of nitro benzene ring substituents is 1. The van der Waals surface area contributed by atoms with Crippen molar-refractivity contribution in [3.63, 3.8) is 0 Å². The molecule has 6 heteroatoms. The van der Waals surface area contributed by atoms with Crippen LogP contribution in [-0.4, -0.2) is 39.0 Å². The first-order chi connectivity index (χ1) is 10.0. The Morgan fingerprint density at radius 3 is 2.33 bits per heavy atom. The zero-order valence-electron chi connectivity index (χ0n) is 11.6. The average molecular weight is 290 g/mol. The molecule has 2 heterocycles. The molecule has 0 spiro atoms. The molecule has 21 heavy (non-hydrogen) atoms. The highest BCUT2D eigenvalue weighted by Gasteiger charge is 2.42. The first kappa shape index (κ1) is 14.0. The van der Waals surface area contributed by atoms with Crippen molar-refractivity contribution in [1.29, 1.82) is 0 Å². The summed E-state index contributed by atoms with van der Waals surface area (Å²) in [5.74, 6) is 0.0586. The van der Waals surface area contributed by atoms with Gasteiger partial charge in [0.1, 0.15) is 0 Å². The number of nitro groups is 1. The van der Waals surface area contributed by atoms with Crippen LogP contribution >= 0.6 is 0 Å². The molecule has 2 saturated heterocycles. The third kappa shape index (κ3) is 2.76. The van der Waals surface area contributed by atoms with E-state index in [0.29, 0.717) is 12.8 Å². The van der Waals surface area contributed by atoms with Crippen LogP contribution < -0.4 is 0 Å². The van der Waals surface area contributed by atoms with Gasteiger partial charge < -0.3 is 10.0 Å². The van der Waals surface area contributed by atoms with Crippen molar-refractivity contribution < 1.29 is 14.8 Å². The Labute approximate surface area is 122 Å². The summed E-state index contributed by atoms with van der Waals surface area (Å²) in [4.78, 5) is 24.6. The van der Waals surface area contributed by atoms with E-state index in [1.54, 1.807) is 12.1 Å². The minimum absolute atomic E-state index is 0.0346. The number of aliphatic hydroxyl groups is 1. The van der Waals surface area contributed by atoms with Crippen molar-refractivity contribution in [2.24, 2.45) is 0 Å². The standard InChI is InChI=1S/C15H18N2O4/c18-14-8-12-5-6-13(9-14)16(12)15(19)7-10-1-3-11(4-2-10)17(20)21/h1-4,12-14,18H,5-9H2. The smallest absolute Gasteiger partial charge is 0.269 e. The number of amides is 1. The Morgan fingerprint density at radius 2 is 1.81 bits per heavy atom. The molecule has 2 bridgehead atoms. The number of rotatable bonds is 3. The van der Waals surface area contributed by atoms with E-state index >= 15 is 0 Å². The van der Waals surface area contributed by atoms with E-state index in [0.717, 1.165) is 18.4 Å². The monoisotopic (exact) mass is 290 g/mol. The van der Waals surface area contributed by atoms with Gasteiger partial charge in [-0.15, -0.1) is 0 Å². The fourth-order valence-corrected chi connectivity index (χ4v) is 3.56. The molecule has 1 amide bonds. The van der Waals surface area contributed by atoms with Crippen LogP contribution in [0.5, 0.6) is 0 Å². The Bertz CT molecular complexity index is 543. The number of hydrogen-bond acceptors (Lipinski definition) is 4. The van der Waals surface area contributed by atoms with Gasteiger partial charge in [0.05, 0.1) is 17.4 Å². The normalized spacial score (nSPS) is 27.7. The highest BCUT2D eigenvalue weighted by molar-refractivity contribution is 5.80. The van der Waals surface area contributed by atoms with Crippen molar-refractivity contribution in [1.82, 2.24) is 4.90 Å². The van der Waals surface area contributed by atoms with Crippen molar-refractivity contribution >= 4 is 11.6 Å². The maximum Gasteiger partial charge on any atom is 0.269 e. The summed E-state index contributed by atoms with van der Waals surface area (Å²) in [7, 11) is 0. The topological polar surface area (TPSA) is 83.7 Å². The molecule has 2 unspecified atom stereocenters. The summed E-state index contributed by atoms with van der Waals surface area (Å²) in [5.41, 5.74) is 0.823. The molecule has 0 aromatic heterocycles. The second kappa shape index (κ2) is 5.44. The molecule has 2 atom stereocenters. The van der Waals surface area contributed by atoms with Gasteiger partial charge in [0.2, 0.25) is 5.91 Å². The third-order valence-corrected chi connectivity index (χ3v) is 4.50. The Hall–Kier alpha value is -1.95. The molecule has 2 aliphatic heterocycles. The molecule has 1 aromatic rings. The third-order valence-electron chi connectivity index (χ3n) is 4.50. The zero-order valence-corrected chi connectivity index (χ0v) is 11.6. The van der Waals surface area contributed by atoms with Crippen LogP contribution in [0.15, 0.2) is 24.3 Å². The van der Waals surface area contributed by atoms with Gasteiger partial charge in [-0.25, -0.2) is 0 Å². The van der Waals surface area contributed by atoms with Gasteiger partial charge >= 0.3 is 0 Å². The molecule has 3 rings (SSSR count). The second-order valence-corrected chi connectivity index (χ2v) is 5.91.